The van der Waals surface area contributed by atoms with Gasteiger partial charge in [0, 0.05) is 12.4 Å². The van der Waals surface area contributed by atoms with Gasteiger partial charge in [0.1, 0.15) is 0 Å². The second kappa shape index (κ2) is 11.3. The summed E-state index contributed by atoms with van der Waals surface area (Å²) in [5.41, 5.74) is 2.54. The number of hydrogen-bond acceptors (Lipinski definition) is 1. The predicted octanol–water partition coefficient (Wildman–Crippen LogP) is 5.27. The lowest BCUT2D eigenvalue weighted by Gasteiger charge is -2.06. The first kappa shape index (κ1) is 16.5. The van der Waals surface area contributed by atoms with Crippen LogP contribution < -0.4 is 5.32 Å². The maximum atomic E-state index is 5.83. The molecule has 0 aliphatic heterocycles. The van der Waals surface area contributed by atoms with Crippen LogP contribution in [0.15, 0.2) is 24.3 Å². The molecule has 1 N–H and O–H groups in total. The average Bonchev–Trinajstić information content (AvgIpc) is 2.46. The Labute approximate surface area is 123 Å². The predicted molar refractivity (Wildman–Crippen MR) is 85.7 cm³/mol. The molecule has 0 saturated heterocycles. The Morgan fingerprint density at radius 3 is 2.37 bits per heavy atom. The van der Waals surface area contributed by atoms with Crippen molar-refractivity contribution in [2.75, 3.05) is 6.54 Å². The summed E-state index contributed by atoms with van der Waals surface area (Å²) in [5, 5.41) is 3.51. The van der Waals surface area contributed by atoms with Crippen LogP contribution in [0.4, 0.5) is 0 Å². The molecule has 108 valence electrons. The molecule has 0 aliphatic rings. The summed E-state index contributed by atoms with van der Waals surface area (Å²) in [4.78, 5) is 0. The van der Waals surface area contributed by atoms with Gasteiger partial charge in [-0.3, -0.25) is 0 Å². The molecule has 0 radical (unpaired) electrons. The van der Waals surface area contributed by atoms with Crippen LogP contribution in [-0.4, -0.2) is 6.54 Å². The number of halogens is 1. The highest BCUT2D eigenvalue weighted by Crippen LogP contribution is 2.08. The molecule has 1 rings (SSSR count). The molecule has 0 atom stereocenters. The van der Waals surface area contributed by atoms with Gasteiger partial charge in [-0.25, -0.2) is 0 Å². The molecule has 1 aromatic carbocycles. The normalized spacial score (nSPS) is 10.8. The van der Waals surface area contributed by atoms with E-state index in [0.29, 0.717) is 5.88 Å². The van der Waals surface area contributed by atoms with Crippen LogP contribution in [0.1, 0.15) is 63.0 Å². The highest BCUT2D eigenvalue weighted by atomic mass is 35.5. The fourth-order valence-electron chi connectivity index (χ4n) is 2.26. The summed E-state index contributed by atoms with van der Waals surface area (Å²) in [6.45, 7) is 4.35. The van der Waals surface area contributed by atoms with Crippen LogP contribution in [0.2, 0.25) is 0 Å². The number of nitrogens with one attached hydrogen (secondary N) is 1. The van der Waals surface area contributed by atoms with Crippen molar-refractivity contribution in [3.8, 4) is 0 Å². The van der Waals surface area contributed by atoms with Gasteiger partial charge in [0.15, 0.2) is 0 Å². The molecular formula is C17H28ClN. The number of unbranched alkanes of at least 4 members (excludes halogenated alkanes) is 6. The molecule has 19 heavy (non-hydrogen) atoms. The third kappa shape index (κ3) is 8.28. The summed E-state index contributed by atoms with van der Waals surface area (Å²) in [5.74, 6) is 0.603. The van der Waals surface area contributed by atoms with Gasteiger partial charge in [0.25, 0.3) is 0 Å². The fraction of sp³-hybridized carbons (Fsp3) is 0.647. The van der Waals surface area contributed by atoms with Crippen LogP contribution in [0.3, 0.4) is 0 Å². The first-order chi connectivity index (χ1) is 9.36. The molecule has 0 unspecified atom stereocenters. The zero-order valence-corrected chi connectivity index (χ0v) is 13.0. The molecule has 0 spiro atoms. The molecule has 0 heterocycles. The summed E-state index contributed by atoms with van der Waals surface area (Å²) in [7, 11) is 0. The minimum atomic E-state index is 0.603. The lowest BCUT2D eigenvalue weighted by molar-refractivity contribution is 0.562. The second-order valence-corrected chi connectivity index (χ2v) is 5.52. The van der Waals surface area contributed by atoms with E-state index in [2.05, 4.69) is 36.5 Å². The van der Waals surface area contributed by atoms with E-state index in [-0.39, 0.29) is 0 Å². The van der Waals surface area contributed by atoms with E-state index in [1.165, 1.54) is 56.1 Å². The maximum Gasteiger partial charge on any atom is 0.0474 e. The summed E-state index contributed by atoms with van der Waals surface area (Å²) < 4.78 is 0. The monoisotopic (exact) mass is 281 g/mol. The van der Waals surface area contributed by atoms with Crippen LogP contribution in [-0.2, 0) is 12.4 Å². The van der Waals surface area contributed by atoms with Crippen molar-refractivity contribution in [3.05, 3.63) is 35.4 Å². The Morgan fingerprint density at radius 1 is 0.947 bits per heavy atom. The Balaban J connectivity index is 1.98. The van der Waals surface area contributed by atoms with Crippen molar-refractivity contribution in [1.82, 2.24) is 5.32 Å². The first-order valence-corrected chi connectivity index (χ1v) is 8.24. The van der Waals surface area contributed by atoms with E-state index >= 15 is 0 Å². The van der Waals surface area contributed by atoms with Gasteiger partial charge in [-0.15, -0.1) is 11.6 Å². The number of hydrogen-bond donors (Lipinski definition) is 1. The quantitative estimate of drug-likeness (QED) is 0.431. The summed E-state index contributed by atoms with van der Waals surface area (Å²) in [6.07, 6.45) is 9.60. The van der Waals surface area contributed by atoms with E-state index in [1.54, 1.807) is 0 Å². The molecule has 2 heteroatoms. The zero-order chi connectivity index (χ0) is 13.8. The van der Waals surface area contributed by atoms with Crippen LogP contribution in [0.5, 0.6) is 0 Å². The minimum absolute atomic E-state index is 0.603. The maximum absolute atomic E-state index is 5.83. The molecule has 0 saturated carbocycles. The third-order valence-corrected chi connectivity index (χ3v) is 3.74. The van der Waals surface area contributed by atoms with Gasteiger partial charge in [0.05, 0.1) is 0 Å². The second-order valence-electron chi connectivity index (χ2n) is 5.25. The van der Waals surface area contributed by atoms with Crippen molar-refractivity contribution in [3.63, 3.8) is 0 Å². The molecule has 1 nitrogen and oxygen atoms in total. The highest BCUT2D eigenvalue weighted by Gasteiger charge is 1.95. The standard InChI is InChI=1S/C17H28ClN/c1-2-3-4-5-6-7-8-12-19-15-17-11-9-10-16(13-17)14-18/h9-11,13,19H,2-8,12,14-15H2,1H3. The number of benzene rings is 1. The Bertz CT molecular complexity index is 325. The van der Waals surface area contributed by atoms with E-state index in [4.69, 9.17) is 11.6 Å². The summed E-state index contributed by atoms with van der Waals surface area (Å²) in [6, 6.07) is 8.51. The van der Waals surface area contributed by atoms with Gasteiger partial charge in [-0.05, 0) is 24.1 Å². The van der Waals surface area contributed by atoms with Gasteiger partial charge in [-0.1, -0.05) is 69.7 Å². The SMILES string of the molecule is CCCCCCCCCNCc1cccc(CCl)c1. The van der Waals surface area contributed by atoms with Gasteiger partial charge in [-0.2, -0.15) is 0 Å². The van der Waals surface area contributed by atoms with Crippen molar-refractivity contribution in [1.29, 1.82) is 0 Å². The molecule has 0 aromatic heterocycles. The lowest BCUT2D eigenvalue weighted by Crippen LogP contribution is -2.14. The van der Waals surface area contributed by atoms with Crippen molar-refractivity contribution >= 4 is 11.6 Å². The molecule has 0 aliphatic carbocycles. The number of alkyl halides is 1. The molecule has 0 bridgehead atoms. The largest absolute Gasteiger partial charge is 0.313 e. The minimum Gasteiger partial charge on any atom is -0.313 e. The van der Waals surface area contributed by atoms with Crippen LogP contribution in [0, 0.1) is 0 Å². The average molecular weight is 282 g/mol. The summed E-state index contributed by atoms with van der Waals surface area (Å²) >= 11 is 5.83. The van der Waals surface area contributed by atoms with Crippen LogP contribution in [0.25, 0.3) is 0 Å². The Morgan fingerprint density at radius 2 is 1.63 bits per heavy atom. The van der Waals surface area contributed by atoms with Crippen molar-refractivity contribution in [2.24, 2.45) is 0 Å². The van der Waals surface area contributed by atoms with Crippen molar-refractivity contribution < 1.29 is 0 Å². The molecular weight excluding hydrogens is 254 g/mol. The van der Waals surface area contributed by atoms with E-state index < -0.39 is 0 Å². The topological polar surface area (TPSA) is 12.0 Å². The van der Waals surface area contributed by atoms with Gasteiger partial charge < -0.3 is 5.32 Å². The first-order valence-electron chi connectivity index (χ1n) is 7.71. The number of rotatable bonds is 11. The van der Waals surface area contributed by atoms with Gasteiger partial charge in [0.2, 0.25) is 0 Å². The van der Waals surface area contributed by atoms with E-state index in [0.717, 1.165) is 13.1 Å². The Hall–Kier alpha value is -0.530. The van der Waals surface area contributed by atoms with Crippen LogP contribution >= 0.6 is 11.6 Å². The Kier molecular flexibility index (Phi) is 9.84. The molecule has 1 aromatic rings. The fourth-order valence-corrected chi connectivity index (χ4v) is 2.43. The smallest absolute Gasteiger partial charge is 0.0474 e. The van der Waals surface area contributed by atoms with E-state index in [1.807, 2.05) is 0 Å². The highest BCUT2D eigenvalue weighted by molar-refractivity contribution is 6.17. The van der Waals surface area contributed by atoms with Crippen molar-refractivity contribution in [2.45, 2.75) is 64.3 Å². The van der Waals surface area contributed by atoms with Gasteiger partial charge >= 0.3 is 0 Å². The molecule has 0 fully saturated rings. The molecule has 0 amide bonds. The lowest BCUT2D eigenvalue weighted by atomic mass is 10.1. The third-order valence-electron chi connectivity index (χ3n) is 3.43. The zero-order valence-electron chi connectivity index (χ0n) is 12.3. The van der Waals surface area contributed by atoms with E-state index in [9.17, 15) is 0 Å².